The van der Waals surface area contributed by atoms with Gasteiger partial charge in [-0.1, -0.05) is 12.2 Å². The first-order chi connectivity index (χ1) is 7.67. The molecule has 4 heteroatoms. The highest BCUT2D eigenvalue weighted by atomic mass is 16.5. The molecule has 1 aromatic carbocycles. The smallest absolute Gasteiger partial charge is 0.309 e. The molecule has 0 saturated heterocycles. The molecular formula is C12H12O4. The van der Waals surface area contributed by atoms with E-state index in [-0.39, 0.29) is 18.1 Å². The summed E-state index contributed by atoms with van der Waals surface area (Å²) in [5.74, 6) is -0.297. The summed E-state index contributed by atoms with van der Waals surface area (Å²) in [5.41, 5.74) is 0.962. The third-order valence-corrected chi connectivity index (χ3v) is 2.00. The molecule has 0 amide bonds. The Morgan fingerprint density at radius 2 is 2.25 bits per heavy atom. The molecule has 0 saturated carbocycles. The van der Waals surface area contributed by atoms with Crippen molar-refractivity contribution in [2.45, 2.75) is 6.42 Å². The number of rotatable bonds is 4. The normalized spacial score (nSPS) is 10.3. The van der Waals surface area contributed by atoms with Crippen molar-refractivity contribution in [3.05, 3.63) is 35.4 Å². The van der Waals surface area contributed by atoms with Crippen molar-refractivity contribution in [1.82, 2.24) is 0 Å². The predicted molar refractivity (Wildman–Crippen MR) is 59.2 cm³/mol. The minimum absolute atomic E-state index is 0.0618. The second kappa shape index (κ2) is 5.70. The molecule has 0 aliphatic heterocycles. The average Bonchev–Trinajstić information content (AvgIpc) is 2.31. The minimum Gasteiger partial charge on any atom is -0.507 e. The van der Waals surface area contributed by atoms with Gasteiger partial charge in [0, 0.05) is 11.1 Å². The minimum atomic E-state index is -0.359. The quantitative estimate of drug-likeness (QED) is 0.620. The Balaban J connectivity index is 2.79. The van der Waals surface area contributed by atoms with E-state index in [1.807, 2.05) is 0 Å². The van der Waals surface area contributed by atoms with E-state index in [9.17, 15) is 14.7 Å². The fourth-order valence-electron chi connectivity index (χ4n) is 1.15. The van der Waals surface area contributed by atoms with Gasteiger partial charge in [-0.25, -0.2) is 0 Å². The Hall–Kier alpha value is -2.10. The molecule has 0 aliphatic carbocycles. The molecule has 0 aromatic heterocycles. The van der Waals surface area contributed by atoms with Gasteiger partial charge in [0.25, 0.3) is 0 Å². The summed E-state index contributed by atoms with van der Waals surface area (Å²) in [6.45, 7) is 0. The monoisotopic (exact) mass is 220 g/mol. The summed E-state index contributed by atoms with van der Waals surface area (Å²) in [7, 11) is 1.31. The molecule has 4 nitrogen and oxygen atoms in total. The number of methoxy groups -OCH3 is 1. The van der Waals surface area contributed by atoms with E-state index in [1.165, 1.54) is 25.3 Å². The summed E-state index contributed by atoms with van der Waals surface area (Å²) in [5, 5.41) is 9.47. The highest BCUT2D eigenvalue weighted by Crippen LogP contribution is 2.19. The summed E-state index contributed by atoms with van der Waals surface area (Å²) in [6, 6.07) is 4.48. The largest absolute Gasteiger partial charge is 0.507 e. The third kappa shape index (κ3) is 3.24. The van der Waals surface area contributed by atoms with Crippen LogP contribution in [0.1, 0.15) is 22.3 Å². The first kappa shape index (κ1) is 12.0. The van der Waals surface area contributed by atoms with Crippen molar-refractivity contribution in [2.75, 3.05) is 7.11 Å². The lowest BCUT2D eigenvalue weighted by atomic mass is 10.1. The van der Waals surface area contributed by atoms with Crippen LogP contribution in [0.15, 0.2) is 24.3 Å². The zero-order chi connectivity index (χ0) is 12.0. The van der Waals surface area contributed by atoms with Crippen LogP contribution in [0.25, 0.3) is 6.08 Å². The maximum atomic E-state index is 10.8. The number of aldehydes is 1. The van der Waals surface area contributed by atoms with E-state index in [1.54, 1.807) is 12.2 Å². The van der Waals surface area contributed by atoms with Gasteiger partial charge in [0.05, 0.1) is 13.5 Å². The first-order valence-corrected chi connectivity index (χ1v) is 4.69. The summed E-state index contributed by atoms with van der Waals surface area (Å²) >= 11 is 0. The van der Waals surface area contributed by atoms with Gasteiger partial charge in [0.15, 0.2) is 0 Å². The van der Waals surface area contributed by atoms with Crippen molar-refractivity contribution >= 4 is 18.3 Å². The van der Waals surface area contributed by atoms with Crippen LogP contribution in [0.2, 0.25) is 0 Å². The van der Waals surface area contributed by atoms with Crippen molar-refractivity contribution in [3.8, 4) is 5.75 Å². The van der Waals surface area contributed by atoms with Gasteiger partial charge >= 0.3 is 5.97 Å². The topological polar surface area (TPSA) is 63.6 Å². The van der Waals surface area contributed by atoms with Gasteiger partial charge in [-0.3, -0.25) is 9.59 Å². The maximum absolute atomic E-state index is 10.8. The molecule has 0 heterocycles. The van der Waals surface area contributed by atoms with Gasteiger partial charge < -0.3 is 9.84 Å². The molecule has 1 N–H and O–H groups in total. The van der Waals surface area contributed by atoms with E-state index in [0.717, 1.165) is 0 Å². The zero-order valence-corrected chi connectivity index (χ0v) is 8.84. The van der Waals surface area contributed by atoms with E-state index in [4.69, 9.17) is 0 Å². The molecule has 0 radical (unpaired) electrons. The van der Waals surface area contributed by atoms with Crippen LogP contribution in [0.4, 0.5) is 0 Å². The molecule has 0 unspecified atom stereocenters. The standard InChI is InChI=1S/C12H12O4/c1-16-12(15)4-2-3-10-7-9(8-13)5-6-11(10)14/h2-3,5-8,14H,4H2,1H3. The first-order valence-electron chi connectivity index (χ1n) is 4.69. The lowest BCUT2D eigenvalue weighted by Gasteiger charge is -1.99. The Labute approximate surface area is 93.2 Å². The van der Waals surface area contributed by atoms with Gasteiger partial charge in [0.1, 0.15) is 12.0 Å². The molecule has 84 valence electrons. The predicted octanol–water partition coefficient (Wildman–Crippen LogP) is 1.78. The Morgan fingerprint density at radius 3 is 2.88 bits per heavy atom. The number of aromatic hydroxyl groups is 1. The fraction of sp³-hybridized carbons (Fsp3) is 0.167. The van der Waals surface area contributed by atoms with Gasteiger partial charge in [-0.05, 0) is 18.2 Å². The SMILES string of the molecule is COC(=O)CC=Cc1cc(C=O)ccc1O. The Morgan fingerprint density at radius 1 is 1.50 bits per heavy atom. The summed E-state index contributed by atoms with van der Waals surface area (Å²) in [4.78, 5) is 21.3. The van der Waals surface area contributed by atoms with Gasteiger partial charge in [-0.15, -0.1) is 0 Å². The van der Waals surface area contributed by atoms with Crippen LogP contribution < -0.4 is 0 Å². The number of ether oxygens (including phenoxy) is 1. The number of carbonyl (C=O) groups is 2. The lowest BCUT2D eigenvalue weighted by molar-refractivity contribution is -0.139. The molecule has 0 aliphatic rings. The van der Waals surface area contributed by atoms with Crippen molar-refractivity contribution in [1.29, 1.82) is 0 Å². The van der Waals surface area contributed by atoms with E-state index < -0.39 is 0 Å². The number of phenolic OH excluding ortho intramolecular Hbond substituents is 1. The highest BCUT2D eigenvalue weighted by molar-refractivity contribution is 5.78. The third-order valence-electron chi connectivity index (χ3n) is 2.00. The van der Waals surface area contributed by atoms with Crippen LogP contribution in [0.3, 0.4) is 0 Å². The number of benzene rings is 1. The number of carbonyl (C=O) groups excluding carboxylic acids is 2. The molecule has 1 rings (SSSR count). The van der Waals surface area contributed by atoms with Crippen LogP contribution in [0.5, 0.6) is 5.75 Å². The molecule has 0 spiro atoms. The van der Waals surface area contributed by atoms with Crippen LogP contribution in [-0.2, 0) is 9.53 Å². The van der Waals surface area contributed by atoms with E-state index >= 15 is 0 Å². The summed E-state index contributed by atoms with van der Waals surface area (Å²) in [6.07, 6.45) is 3.95. The number of hydrogen-bond donors (Lipinski definition) is 1. The molecule has 0 bridgehead atoms. The number of esters is 1. The van der Waals surface area contributed by atoms with Crippen LogP contribution >= 0.6 is 0 Å². The van der Waals surface area contributed by atoms with E-state index in [0.29, 0.717) is 17.4 Å². The van der Waals surface area contributed by atoms with E-state index in [2.05, 4.69) is 4.74 Å². The number of phenols is 1. The Bertz CT molecular complexity index is 421. The average molecular weight is 220 g/mol. The maximum Gasteiger partial charge on any atom is 0.309 e. The fourth-order valence-corrected chi connectivity index (χ4v) is 1.15. The molecular weight excluding hydrogens is 208 g/mol. The Kier molecular flexibility index (Phi) is 4.27. The van der Waals surface area contributed by atoms with Crippen LogP contribution in [-0.4, -0.2) is 24.5 Å². The zero-order valence-electron chi connectivity index (χ0n) is 8.84. The van der Waals surface area contributed by atoms with Gasteiger partial charge in [0.2, 0.25) is 0 Å². The molecule has 0 atom stereocenters. The second-order valence-electron chi connectivity index (χ2n) is 3.12. The van der Waals surface area contributed by atoms with Crippen molar-refractivity contribution < 1.29 is 19.4 Å². The van der Waals surface area contributed by atoms with Crippen molar-refractivity contribution in [3.63, 3.8) is 0 Å². The molecule has 1 aromatic rings. The second-order valence-corrected chi connectivity index (χ2v) is 3.12. The molecule has 16 heavy (non-hydrogen) atoms. The highest BCUT2D eigenvalue weighted by Gasteiger charge is 2.00. The molecule has 0 fully saturated rings. The summed E-state index contributed by atoms with van der Waals surface area (Å²) < 4.78 is 4.45. The number of hydrogen-bond acceptors (Lipinski definition) is 4. The van der Waals surface area contributed by atoms with Crippen LogP contribution in [0, 0.1) is 0 Å². The van der Waals surface area contributed by atoms with Gasteiger partial charge in [-0.2, -0.15) is 0 Å². The lowest BCUT2D eigenvalue weighted by Crippen LogP contribution is -1.96. The van der Waals surface area contributed by atoms with Crippen molar-refractivity contribution in [2.24, 2.45) is 0 Å².